The molecule has 0 saturated carbocycles. The Labute approximate surface area is 228 Å². The number of hydrogen-bond donors (Lipinski definition) is 2. The van der Waals surface area contributed by atoms with Gasteiger partial charge in [-0.3, -0.25) is 14.3 Å². The Morgan fingerprint density at radius 1 is 0.974 bits per heavy atom. The van der Waals surface area contributed by atoms with E-state index in [1.165, 1.54) is 48.5 Å². The molecule has 0 radical (unpaired) electrons. The van der Waals surface area contributed by atoms with Crippen LogP contribution in [0.2, 0.25) is 5.02 Å². The van der Waals surface area contributed by atoms with Crippen molar-refractivity contribution in [1.29, 1.82) is 0 Å². The summed E-state index contributed by atoms with van der Waals surface area (Å²) >= 11 is 6.88. The second-order valence-electron chi connectivity index (χ2n) is 8.06. The summed E-state index contributed by atoms with van der Waals surface area (Å²) in [4.78, 5) is 40.2. The maximum atomic E-state index is 13.5. The number of amides is 2. The van der Waals surface area contributed by atoms with Crippen molar-refractivity contribution >= 4 is 62.5 Å². The van der Waals surface area contributed by atoms with Crippen molar-refractivity contribution in [2.45, 2.75) is 23.1 Å². The lowest BCUT2D eigenvalue weighted by molar-refractivity contribution is -0.120. The fourth-order valence-electron chi connectivity index (χ4n) is 3.41. The van der Waals surface area contributed by atoms with Gasteiger partial charge in [-0.25, -0.2) is 18.1 Å². The van der Waals surface area contributed by atoms with E-state index in [0.29, 0.717) is 22.0 Å². The van der Waals surface area contributed by atoms with Crippen LogP contribution < -0.4 is 15.4 Å². The number of sulfonamides is 1. The standard InChI is InChI=1S/C26H22ClN3O6S2/c1-2-15-36-26(33)16-3-9-19(10-4-16)30-24(31)22(29-38(34,35)21-13-7-18(28)8-14-21)23(25(30)32)37-20-11-5-17(27)6-12-20/h3-14,29H,2,15,28H2,1H3. The lowest BCUT2D eigenvalue weighted by Crippen LogP contribution is -2.35. The van der Waals surface area contributed by atoms with Crippen LogP contribution in [0.15, 0.2) is 93.2 Å². The van der Waals surface area contributed by atoms with E-state index in [0.717, 1.165) is 16.7 Å². The number of thioether (sulfide) groups is 1. The summed E-state index contributed by atoms with van der Waals surface area (Å²) in [5, 5.41) is 0.473. The number of nitrogens with two attached hydrogens (primary N) is 1. The molecule has 0 bridgehead atoms. The van der Waals surface area contributed by atoms with E-state index in [9.17, 15) is 22.8 Å². The van der Waals surface area contributed by atoms with Gasteiger partial charge in [-0.1, -0.05) is 30.3 Å². The van der Waals surface area contributed by atoms with Gasteiger partial charge in [0, 0.05) is 15.6 Å². The molecule has 0 atom stereocenters. The number of nitrogen functional groups attached to an aromatic ring is 1. The van der Waals surface area contributed by atoms with Gasteiger partial charge < -0.3 is 10.5 Å². The van der Waals surface area contributed by atoms with Crippen LogP contribution in [0.5, 0.6) is 0 Å². The van der Waals surface area contributed by atoms with Crippen molar-refractivity contribution in [3.05, 3.63) is 94.0 Å². The van der Waals surface area contributed by atoms with Gasteiger partial charge in [0.1, 0.15) is 10.6 Å². The van der Waals surface area contributed by atoms with Gasteiger partial charge in [0.15, 0.2) is 0 Å². The summed E-state index contributed by atoms with van der Waals surface area (Å²) in [7, 11) is -4.24. The number of anilines is 2. The van der Waals surface area contributed by atoms with E-state index in [1.54, 1.807) is 24.3 Å². The molecule has 0 spiro atoms. The molecule has 0 unspecified atom stereocenters. The summed E-state index contributed by atoms with van der Waals surface area (Å²) in [5.74, 6) is -2.13. The first-order valence-corrected chi connectivity index (χ1v) is 14.0. The first kappa shape index (κ1) is 27.2. The Morgan fingerprint density at radius 3 is 2.21 bits per heavy atom. The van der Waals surface area contributed by atoms with Crippen molar-refractivity contribution < 1.29 is 27.5 Å². The summed E-state index contributed by atoms with van der Waals surface area (Å²) in [6, 6.07) is 17.6. The summed E-state index contributed by atoms with van der Waals surface area (Å²) in [5.41, 5.74) is 6.02. The molecule has 0 saturated heterocycles. The second-order valence-corrected chi connectivity index (χ2v) is 11.3. The lowest BCUT2D eigenvalue weighted by Gasteiger charge is -2.16. The molecule has 0 aliphatic carbocycles. The number of esters is 1. The van der Waals surface area contributed by atoms with Gasteiger partial charge in [-0.2, -0.15) is 0 Å². The van der Waals surface area contributed by atoms with E-state index < -0.39 is 33.5 Å². The number of benzene rings is 3. The minimum Gasteiger partial charge on any atom is -0.462 e. The Morgan fingerprint density at radius 2 is 1.61 bits per heavy atom. The summed E-state index contributed by atoms with van der Waals surface area (Å²) in [6.07, 6.45) is 0.662. The number of ether oxygens (including phenoxy) is 1. The van der Waals surface area contributed by atoms with E-state index in [4.69, 9.17) is 22.1 Å². The number of imide groups is 1. The maximum Gasteiger partial charge on any atom is 0.338 e. The Bertz CT molecular complexity index is 1520. The highest BCUT2D eigenvalue weighted by Crippen LogP contribution is 2.37. The Kier molecular flexibility index (Phi) is 8.10. The second kappa shape index (κ2) is 11.3. The fraction of sp³-hybridized carbons (Fsp3) is 0.115. The van der Waals surface area contributed by atoms with Gasteiger partial charge in [-0.05, 0) is 79.2 Å². The number of nitrogens with zero attached hydrogens (tertiary/aromatic N) is 1. The molecular formula is C26H22ClN3O6S2. The van der Waals surface area contributed by atoms with Crippen LogP contribution in [0.3, 0.4) is 0 Å². The van der Waals surface area contributed by atoms with Crippen LogP contribution in [-0.2, 0) is 24.3 Å². The molecular weight excluding hydrogens is 550 g/mol. The zero-order valence-electron chi connectivity index (χ0n) is 20.0. The van der Waals surface area contributed by atoms with Crippen molar-refractivity contribution in [1.82, 2.24) is 4.72 Å². The minimum absolute atomic E-state index is 0.122. The third-order valence-corrected chi connectivity index (χ3v) is 8.01. The largest absolute Gasteiger partial charge is 0.462 e. The van der Waals surface area contributed by atoms with Crippen LogP contribution in [0.1, 0.15) is 23.7 Å². The normalized spacial score (nSPS) is 13.7. The van der Waals surface area contributed by atoms with Crippen LogP contribution in [-0.4, -0.2) is 32.8 Å². The first-order chi connectivity index (χ1) is 18.1. The van der Waals surface area contributed by atoms with Gasteiger partial charge in [-0.15, -0.1) is 0 Å². The molecule has 196 valence electrons. The van der Waals surface area contributed by atoms with Gasteiger partial charge in [0.05, 0.1) is 22.8 Å². The molecule has 2 amide bonds. The topological polar surface area (TPSA) is 136 Å². The van der Waals surface area contributed by atoms with Gasteiger partial charge >= 0.3 is 5.97 Å². The van der Waals surface area contributed by atoms with E-state index >= 15 is 0 Å². The average molecular weight is 572 g/mol. The molecule has 0 fully saturated rings. The van der Waals surface area contributed by atoms with Crippen LogP contribution in [0, 0.1) is 0 Å². The molecule has 0 aromatic heterocycles. The number of halogens is 1. The zero-order valence-corrected chi connectivity index (χ0v) is 22.4. The predicted molar refractivity (Wildman–Crippen MR) is 145 cm³/mol. The Hall–Kier alpha value is -3.80. The molecule has 3 N–H and O–H groups in total. The highest BCUT2D eigenvalue weighted by atomic mass is 35.5. The molecule has 1 heterocycles. The van der Waals surface area contributed by atoms with E-state index in [1.807, 2.05) is 6.92 Å². The molecule has 1 aliphatic heterocycles. The molecule has 3 aromatic rings. The lowest BCUT2D eigenvalue weighted by atomic mass is 10.2. The smallest absolute Gasteiger partial charge is 0.338 e. The van der Waals surface area contributed by atoms with Gasteiger partial charge in [0.2, 0.25) is 0 Å². The van der Waals surface area contributed by atoms with Crippen molar-refractivity contribution in [3.63, 3.8) is 0 Å². The van der Waals surface area contributed by atoms with Crippen LogP contribution in [0.4, 0.5) is 11.4 Å². The average Bonchev–Trinajstić information content (AvgIpc) is 3.12. The zero-order chi connectivity index (χ0) is 27.4. The van der Waals surface area contributed by atoms with E-state index in [-0.39, 0.29) is 27.7 Å². The first-order valence-electron chi connectivity index (χ1n) is 11.3. The summed E-state index contributed by atoms with van der Waals surface area (Å²) < 4.78 is 33.6. The van der Waals surface area contributed by atoms with Crippen LogP contribution >= 0.6 is 23.4 Å². The number of carbonyl (C=O) groups excluding carboxylic acids is 3. The number of carbonyl (C=O) groups is 3. The molecule has 12 heteroatoms. The minimum atomic E-state index is -4.24. The predicted octanol–water partition coefficient (Wildman–Crippen LogP) is 4.34. The van der Waals surface area contributed by atoms with Crippen molar-refractivity contribution in [3.8, 4) is 0 Å². The highest BCUT2D eigenvalue weighted by Gasteiger charge is 2.42. The Balaban J connectivity index is 1.69. The molecule has 38 heavy (non-hydrogen) atoms. The molecule has 3 aromatic carbocycles. The maximum absolute atomic E-state index is 13.5. The summed E-state index contributed by atoms with van der Waals surface area (Å²) in [6.45, 7) is 2.13. The molecule has 4 rings (SSSR count). The number of rotatable bonds is 9. The SMILES string of the molecule is CCCOC(=O)c1ccc(N2C(=O)C(NS(=O)(=O)c3ccc(N)cc3)=C(Sc3ccc(Cl)cc3)C2=O)cc1. The highest BCUT2D eigenvalue weighted by molar-refractivity contribution is 8.04. The van der Waals surface area contributed by atoms with Crippen LogP contribution in [0.25, 0.3) is 0 Å². The van der Waals surface area contributed by atoms with Crippen molar-refractivity contribution in [2.24, 2.45) is 0 Å². The number of hydrogen-bond acceptors (Lipinski definition) is 8. The van der Waals surface area contributed by atoms with Gasteiger partial charge in [0.25, 0.3) is 21.8 Å². The molecule has 1 aliphatic rings. The number of nitrogens with one attached hydrogen (secondary N) is 1. The van der Waals surface area contributed by atoms with E-state index in [2.05, 4.69) is 4.72 Å². The third kappa shape index (κ3) is 5.85. The monoisotopic (exact) mass is 571 g/mol. The van der Waals surface area contributed by atoms with Crippen molar-refractivity contribution in [2.75, 3.05) is 17.2 Å². The fourth-order valence-corrected chi connectivity index (χ4v) is 5.60. The molecule has 9 nitrogen and oxygen atoms in total. The quantitative estimate of drug-likeness (QED) is 0.220. The third-order valence-electron chi connectivity index (χ3n) is 5.30.